The van der Waals surface area contributed by atoms with E-state index < -0.39 is 36.1 Å². The van der Waals surface area contributed by atoms with Crippen LogP contribution in [0.5, 0.6) is 0 Å². The van der Waals surface area contributed by atoms with Gasteiger partial charge in [0.25, 0.3) is 0 Å². The average Bonchev–Trinajstić information content (AvgIpc) is 2.69. The molecule has 1 saturated heterocycles. The molecule has 2 unspecified atom stereocenters. The van der Waals surface area contributed by atoms with E-state index in [4.69, 9.17) is 5.11 Å². The zero-order valence-corrected chi connectivity index (χ0v) is 11.2. The summed E-state index contributed by atoms with van der Waals surface area (Å²) < 4.78 is 36.2. The molecule has 0 spiro atoms. The Morgan fingerprint density at radius 1 is 1.47 bits per heavy atom. The Hall–Kier alpha value is -1.12. The summed E-state index contributed by atoms with van der Waals surface area (Å²) in [6, 6.07) is -2.08. The largest absolute Gasteiger partial charge is 0.480 e. The van der Waals surface area contributed by atoms with Crippen LogP contribution < -0.4 is 5.32 Å². The molecule has 0 aromatic carbocycles. The van der Waals surface area contributed by atoms with E-state index in [9.17, 15) is 22.8 Å². The molecule has 9 heteroatoms. The van der Waals surface area contributed by atoms with Crippen molar-refractivity contribution in [3.8, 4) is 0 Å². The van der Waals surface area contributed by atoms with Crippen LogP contribution in [-0.2, 0) is 4.79 Å². The summed E-state index contributed by atoms with van der Waals surface area (Å²) in [7, 11) is 0. The van der Waals surface area contributed by atoms with Crippen molar-refractivity contribution in [3.05, 3.63) is 0 Å². The highest BCUT2D eigenvalue weighted by Gasteiger charge is 2.43. The number of aliphatic carboxylic acids is 1. The molecule has 1 fully saturated rings. The first-order chi connectivity index (χ1) is 8.63. The maximum Gasteiger partial charge on any atom is 0.405 e. The lowest BCUT2D eigenvalue weighted by molar-refractivity contribution is -0.141. The first kappa shape index (κ1) is 15.9. The number of nitrogens with one attached hydrogen (secondary N) is 1. The number of carboxylic acids is 1. The summed E-state index contributed by atoms with van der Waals surface area (Å²) in [4.78, 5) is 23.8. The second-order valence-electron chi connectivity index (χ2n) is 4.50. The number of urea groups is 1. The molecule has 1 aliphatic heterocycles. The van der Waals surface area contributed by atoms with E-state index in [1.807, 2.05) is 0 Å². The third-order valence-corrected chi connectivity index (χ3v) is 4.19. The van der Waals surface area contributed by atoms with E-state index >= 15 is 0 Å². The predicted molar refractivity (Wildman–Crippen MR) is 63.8 cm³/mol. The molecular weight excluding hydrogens is 285 g/mol. The summed E-state index contributed by atoms with van der Waals surface area (Å²) >= 11 is 1.26. The van der Waals surface area contributed by atoms with Crippen molar-refractivity contribution in [2.75, 3.05) is 12.3 Å². The number of carbonyl (C=O) groups is 2. The van der Waals surface area contributed by atoms with Crippen LogP contribution in [-0.4, -0.2) is 51.9 Å². The van der Waals surface area contributed by atoms with Crippen LogP contribution in [0.1, 0.15) is 13.8 Å². The summed E-state index contributed by atoms with van der Waals surface area (Å²) in [6.45, 7) is 2.10. The van der Waals surface area contributed by atoms with Gasteiger partial charge in [-0.15, -0.1) is 11.8 Å². The molecule has 0 aromatic heterocycles. The summed E-state index contributed by atoms with van der Waals surface area (Å²) in [5, 5.41) is 10.3. The number of carbonyl (C=O) groups excluding carboxylic acids is 1. The van der Waals surface area contributed by atoms with E-state index in [1.54, 1.807) is 19.2 Å². The number of hydrogen-bond acceptors (Lipinski definition) is 3. The number of amides is 2. The number of rotatable bonds is 3. The van der Waals surface area contributed by atoms with Crippen molar-refractivity contribution in [1.29, 1.82) is 0 Å². The smallest absolute Gasteiger partial charge is 0.405 e. The molecule has 5 nitrogen and oxygen atoms in total. The van der Waals surface area contributed by atoms with Crippen molar-refractivity contribution >= 4 is 23.8 Å². The Kier molecular flexibility index (Phi) is 4.94. The van der Waals surface area contributed by atoms with Crippen LogP contribution in [0, 0.1) is 5.92 Å². The lowest BCUT2D eigenvalue weighted by Gasteiger charge is -2.29. The molecule has 1 heterocycles. The lowest BCUT2D eigenvalue weighted by atomic mass is 10.2. The van der Waals surface area contributed by atoms with Crippen LogP contribution in [0.3, 0.4) is 0 Å². The predicted octanol–water partition coefficient (Wildman–Crippen LogP) is 1.74. The van der Waals surface area contributed by atoms with Gasteiger partial charge in [0.05, 0.1) is 5.37 Å². The molecular formula is C10H15F3N2O3S. The standard InChI is InChI=1S/C10H15F3N2O3S/c1-5(2)7-15(6(3-19-7)8(16)17)9(18)14-4-10(11,12)13/h5-7H,3-4H2,1-2H3,(H,14,18)(H,16,17). The van der Waals surface area contributed by atoms with Gasteiger partial charge in [0.15, 0.2) is 0 Å². The SMILES string of the molecule is CC(C)C1SCC(C(=O)O)N1C(=O)NCC(F)(F)F. The number of nitrogens with zero attached hydrogens (tertiary/aromatic N) is 1. The van der Waals surface area contributed by atoms with Crippen molar-refractivity contribution in [3.63, 3.8) is 0 Å². The highest BCUT2D eigenvalue weighted by Crippen LogP contribution is 2.34. The number of halogens is 3. The van der Waals surface area contributed by atoms with Gasteiger partial charge < -0.3 is 10.4 Å². The van der Waals surface area contributed by atoms with Crippen LogP contribution in [0.4, 0.5) is 18.0 Å². The quantitative estimate of drug-likeness (QED) is 0.833. The molecule has 0 aromatic rings. The normalized spacial score (nSPS) is 23.8. The lowest BCUT2D eigenvalue weighted by Crippen LogP contribution is -2.52. The maximum atomic E-state index is 12.1. The molecule has 0 saturated carbocycles. The van der Waals surface area contributed by atoms with Gasteiger partial charge in [-0.25, -0.2) is 9.59 Å². The second-order valence-corrected chi connectivity index (χ2v) is 5.65. The average molecular weight is 300 g/mol. The van der Waals surface area contributed by atoms with Gasteiger partial charge >= 0.3 is 18.2 Å². The zero-order chi connectivity index (χ0) is 14.8. The van der Waals surface area contributed by atoms with Gasteiger partial charge in [-0.05, 0) is 5.92 Å². The molecule has 0 aliphatic carbocycles. The number of carboxylic acid groups (broad SMARTS) is 1. The first-order valence-corrected chi connectivity index (χ1v) is 6.65. The molecule has 2 amide bonds. The van der Waals surface area contributed by atoms with Gasteiger partial charge in [-0.1, -0.05) is 13.8 Å². The molecule has 2 N–H and O–H groups in total. The minimum Gasteiger partial charge on any atom is -0.480 e. The molecule has 19 heavy (non-hydrogen) atoms. The van der Waals surface area contributed by atoms with E-state index in [0.29, 0.717) is 0 Å². The summed E-state index contributed by atoms with van der Waals surface area (Å²) in [5.74, 6) is -1.08. The first-order valence-electron chi connectivity index (χ1n) is 5.61. The zero-order valence-electron chi connectivity index (χ0n) is 10.4. The third kappa shape index (κ3) is 4.19. The molecule has 110 valence electrons. The van der Waals surface area contributed by atoms with Crippen LogP contribution in [0.2, 0.25) is 0 Å². The number of hydrogen-bond donors (Lipinski definition) is 2. The van der Waals surface area contributed by atoms with Gasteiger partial charge in [0, 0.05) is 5.75 Å². The number of alkyl halides is 3. The topological polar surface area (TPSA) is 69.6 Å². The van der Waals surface area contributed by atoms with Gasteiger partial charge in [-0.3, -0.25) is 4.90 Å². The van der Waals surface area contributed by atoms with Crippen LogP contribution >= 0.6 is 11.8 Å². The number of thioether (sulfide) groups is 1. The van der Waals surface area contributed by atoms with E-state index in [1.165, 1.54) is 11.8 Å². The Balaban J connectivity index is 2.78. The molecule has 0 radical (unpaired) electrons. The molecule has 1 rings (SSSR count). The fraction of sp³-hybridized carbons (Fsp3) is 0.800. The Labute approximate surface area is 112 Å². The van der Waals surface area contributed by atoms with Gasteiger partial charge in [0.1, 0.15) is 12.6 Å². The second kappa shape index (κ2) is 5.89. The van der Waals surface area contributed by atoms with Crippen LogP contribution in [0.25, 0.3) is 0 Å². The van der Waals surface area contributed by atoms with E-state index in [0.717, 1.165) is 4.90 Å². The minimum absolute atomic E-state index is 0.0500. The van der Waals surface area contributed by atoms with Crippen molar-refractivity contribution in [1.82, 2.24) is 10.2 Å². The fourth-order valence-corrected chi connectivity index (χ4v) is 3.23. The molecule has 1 aliphatic rings. The van der Waals surface area contributed by atoms with Crippen molar-refractivity contribution < 1.29 is 27.9 Å². The summed E-state index contributed by atoms with van der Waals surface area (Å²) in [5.41, 5.74) is 0. The van der Waals surface area contributed by atoms with E-state index in [-0.39, 0.29) is 11.7 Å². The Morgan fingerprint density at radius 3 is 2.47 bits per heavy atom. The minimum atomic E-state index is -4.52. The fourth-order valence-electron chi connectivity index (χ4n) is 1.76. The Bertz CT molecular complexity index is 362. The third-order valence-electron chi connectivity index (χ3n) is 2.56. The van der Waals surface area contributed by atoms with Gasteiger partial charge in [0.2, 0.25) is 0 Å². The monoisotopic (exact) mass is 300 g/mol. The van der Waals surface area contributed by atoms with Crippen molar-refractivity contribution in [2.24, 2.45) is 5.92 Å². The summed E-state index contributed by atoms with van der Waals surface area (Å²) in [6.07, 6.45) is -4.52. The van der Waals surface area contributed by atoms with Crippen molar-refractivity contribution in [2.45, 2.75) is 31.4 Å². The van der Waals surface area contributed by atoms with Gasteiger partial charge in [-0.2, -0.15) is 13.2 Å². The van der Waals surface area contributed by atoms with Crippen LogP contribution in [0.15, 0.2) is 0 Å². The Morgan fingerprint density at radius 2 is 2.05 bits per heavy atom. The van der Waals surface area contributed by atoms with E-state index in [2.05, 4.69) is 0 Å². The maximum absolute atomic E-state index is 12.1. The highest BCUT2D eigenvalue weighted by molar-refractivity contribution is 8.00. The highest BCUT2D eigenvalue weighted by atomic mass is 32.2. The molecule has 0 bridgehead atoms. The molecule has 2 atom stereocenters.